The Kier molecular flexibility index (Phi) is 7.60. The number of methoxy groups -OCH3 is 1. The van der Waals surface area contributed by atoms with Crippen molar-refractivity contribution < 1.29 is 14.4 Å². The number of nitrogens with one attached hydrogen (secondary N) is 1. The van der Waals surface area contributed by atoms with Crippen LogP contribution in [0.25, 0.3) is 0 Å². The van der Waals surface area contributed by atoms with Gasteiger partial charge in [0.15, 0.2) is 0 Å². The molecule has 0 bridgehead atoms. The molecule has 1 aromatic carbocycles. The summed E-state index contributed by atoms with van der Waals surface area (Å²) in [7, 11) is 1.64. The second-order valence-electron chi connectivity index (χ2n) is 4.52. The molecule has 0 unspecified atom stereocenters. The van der Waals surface area contributed by atoms with Crippen LogP contribution in [0.2, 0.25) is 0 Å². The quantitative estimate of drug-likeness (QED) is 0.406. The van der Waals surface area contributed by atoms with Gasteiger partial charge in [-0.2, -0.15) is 0 Å². The van der Waals surface area contributed by atoms with Crippen LogP contribution in [0.5, 0.6) is 0 Å². The minimum atomic E-state index is -0.358. The zero-order chi connectivity index (χ0) is 14.8. The Labute approximate surface area is 119 Å². The van der Waals surface area contributed by atoms with E-state index in [1.165, 1.54) is 0 Å². The summed E-state index contributed by atoms with van der Waals surface area (Å²) in [6.45, 7) is 4.42. The lowest BCUT2D eigenvalue weighted by atomic mass is 10.2. The summed E-state index contributed by atoms with van der Waals surface area (Å²) in [6.07, 6.45) is 1.81. The molecule has 0 saturated heterocycles. The molecule has 0 atom stereocenters. The summed E-state index contributed by atoms with van der Waals surface area (Å²) in [5, 5.41) is 14.0. The molecule has 1 aromatic rings. The molecule has 0 aromatic heterocycles. The number of rotatable bonds is 10. The van der Waals surface area contributed by atoms with Crippen molar-refractivity contribution in [3.05, 3.63) is 33.9 Å². The van der Waals surface area contributed by atoms with Gasteiger partial charge >= 0.3 is 0 Å². The number of benzene rings is 1. The summed E-state index contributed by atoms with van der Waals surface area (Å²) < 4.78 is 10.2. The Hall–Kier alpha value is -1.66. The highest BCUT2D eigenvalue weighted by atomic mass is 16.6. The Bertz CT molecular complexity index is 424. The molecule has 0 saturated carbocycles. The van der Waals surface area contributed by atoms with Crippen molar-refractivity contribution in [2.45, 2.75) is 19.8 Å². The van der Waals surface area contributed by atoms with Gasteiger partial charge in [-0.05, 0) is 31.4 Å². The van der Waals surface area contributed by atoms with Gasteiger partial charge in [0.05, 0.1) is 18.1 Å². The van der Waals surface area contributed by atoms with Crippen molar-refractivity contribution in [2.75, 3.05) is 38.8 Å². The largest absolute Gasteiger partial charge is 0.382 e. The van der Waals surface area contributed by atoms with Gasteiger partial charge in [-0.3, -0.25) is 10.1 Å². The fourth-order valence-corrected chi connectivity index (χ4v) is 1.74. The van der Waals surface area contributed by atoms with Crippen LogP contribution in [0.4, 0.5) is 11.4 Å². The molecule has 6 heteroatoms. The van der Waals surface area contributed by atoms with Gasteiger partial charge in [0.25, 0.3) is 5.69 Å². The third-order valence-corrected chi connectivity index (χ3v) is 2.81. The molecule has 6 nitrogen and oxygen atoms in total. The normalized spacial score (nSPS) is 10.5. The molecule has 0 aliphatic heterocycles. The molecule has 0 aliphatic carbocycles. The van der Waals surface area contributed by atoms with E-state index in [4.69, 9.17) is 9.47 Å². The highest BCUT2D eigenvalue weighted by Gasteiger charge is 2.12. The highest BCUT2D eigenvalue weighted by Crippen LogP contribution is 2.25. The summed E-state index contributed by atoms with van der Waals surface area (Å²) in [4.78, 5) is 10.6. The molecule has 20 heavy (non-hydrogen) atoms. The molecule has 0 fully saturated rings. The van der Waals surface area contributed by atoms with Crippen LogP contribution < -0.4 is 5.32 Å². The third kappa shape index (κ3) is 5.99. The summed E-state index contributed by atoms with van der Waals surface area (Å²) in [5.41, 5.74) is 1.58. The number of nitro benzene ring substituents is 1. The Morgan fingerprint density at radius 3 is 2.75 bits per heavy atom. The van der Waals surface area contributed by atoms with Gasteiger partial charge in [0, 0.05) is 26.3 Å². The first-order valence-electron chi connectivity index (χ1n) is 6.70. The van der Waals surface area contributed by atoms with E-state index >= 15 is 0 Å². The van der Waals surface area contributed by atoms with Crippen LogP contribution in [0.1, 0.15) is 18.4 Å². The molecular weight excluding hydrogens is 260 g/mol. The Morgan fingerprint density at radius 1 is 1.25 bits per heavy atom. The number of nitro groups is 1. The molecule has 0 spiro atoms. The van der Waals surface area contributed by atoms with Crippen molar-refractivity contribution in [2.24, 2.45) is 0 Å². The number of hydrogen-bond acceptors (Lipinski definition) is 5. The number of hydrogen-bond donors (Lipinski definition) is 1. The van der Waals surface area contributed by atoms with E-state index in [1.807, 2.05) is 13.0 Å². The van der Waals surface area contributed by atoms with Crippen LogP contribution in [-0.2, 0) is 9.47 Å². The van der Waals surface area contributed by atoms with Gasteiger partial charge in [-0.1, -0.05) is 6.07 Å². The van der Waals surface area contributed by atoms with Crippen LogP contribution >= 0.6 is 0 Å². The first kappa shape index (κ1) is 16.4. The third-order valence-electron chi connectivity index (χ3n) is 2.81. The highest BCUT2D eigenvalue weighted by molar-refractivity contribution is 5.62. The lowest BCUT2D eigenvalue weighted by Gasteiger charge is -2.08. The molecular formula is C14H22N2O4. The molecule has 1 N–H and O–H groups in total. The minimum Gasteiger partial charge on any atom is -0.382 e. The molecule has 0 amide bonds. The lowest BCUT2D eigenvalue weighted by molar-refractivity contribution is -0.384. The van der Waals surface area contributed by atoms with Crippen molar-refractivity contribution >= 4 is 11.4 Å². The van der Waals surface area contributed by atoms with E-state index in [1.54, 1.807) is 19.2 Å². The molecule has 0 radical (unpaired) electrons. The number of aryl methyl sites for hydroxylation is 1. The Balaban J connectivity index is 2.27. The summed E-state index contributed by atoms with van der Waals surface area (Å²) in [6, 6.07) is 5.20. The second kappa shape index (κ2) is 9.28. The SMILES string of the molecule is COCCOCCCCNc1ccc(C)cc1[N+](=O)[O-]. The molecule has 1 rings (SSSR count). The molecule has 0 aliphatic rings. The average Bonchev–Trinajstić information content (AvgIpc) is 2.43. The fraction of sp³-hybridized carbons (Fsp3) is 0.571. The van der Waals surface area contributed by atoms with Crippen LogP contribution in [0, 0.1) is 17.0 Å². The van der Waals surface area contributed by atoms with Crippen molar-refractivity contribution in [1.82, 2.24) is 0 Å². The number of unbranched alkanes of at least 4 members (excludes halogenated alkanes) is 1. The maximum Gasteiger partial charge on any atom is 0.292 e. The van der Waals surface area contributed by atoms with Gasteiger partial charge < -0.3 is 14.8 Å². The Morgan fingerprint density at radius 2 is 2.05 bits per heavy atom. The zero-order valence-electron chi connectivity index (χ0n) is 12.1. The second-order valence-corrected chi connectivity index (χ2v) is 4.52. The first-order valence-corrected chi connectivity index (χ1v) is 6.70. The van der Waals surface area contributed by atoms with Crippen LogP contribution in [-0.4, -0.2) is 38.4 Å². The number of ether oxygens (including phenoxy) is 2. The van der Waals surface area contributed by atoms with E-state index in [9.17, 15) is 10.1 Å². The van der Waals surface area contributed by atoms with Crippen molar-refractivity contribution in [3.63, 3.8) is 0 Å². The van der Waals surface area contributed by atoms with Crippen LogP contribution in [0.15, 0.2) is 18.2 Å². The smallest absolute Gasteiger partial charge is 0.292 e. The van der Waals surface area contributed by atoms with E-state index in [-0.39, 0.29) is 10.6 Å². The maximum atomic E-state index is 10.9. The minimum absolute atomic E-state index is 0.126. The lowest BCUT2D eigenvalue weighted by Crippen LogP contribution is -2.07. The number of anilines is 1. The maximum absolute atomic E-state index is 10.9. The number of nitrogens with zero attached hydrogens (tertiary/aromatic N) is 1. The molecule has 112 valence electrons. The van der Waals surface area contributed by atoms with Gasteiger partial charge in [0.1, 0.15) is 5.69 Å². The van der Waals surface area contributed by atoms with E-state index in [0.717, 1.165) is 18.4 Å². The predicted molar refractivity (Wildman–Crippen MR) is 78.3 cm³/mol. The van der Waals surface area contributed by atoms with E-state index < -0.39 is 0 Å². The predicted octanol–water partition coefficient (Wildman–Crippen LogP) is 2.76. The van der Waals surface area contributed by atoms with Crippen LogP contribution in [0.3, 0.4) is 0 Å². The van der Waals surface area contributed by atoms with E-state index in [0.29, 0.717) is 32.1 Å². The average molecular weight is 282 g/mol. The van der Waals surface area contributed by atoms with Crippen molar-refractivity contribution in [1.29, 1.82) is 0 Å². The fourth-order valence-electron chi connectivity index (χ4n) is 1.74. The standard InChI is InChI=1S/C14H22N2O4/c1-12-5-6-13(14(11-12)16(17)18)15-7-3-4-8-20-10-9-19-2/h5-6,11,15H,3-4,7-10H2,1-2H3. The topological polar surface area (TPSA) is 73.6 Å². The summed E-state index contributed by atoms with van der Waals surface area (Å²) in [5.74, 6) is 0. The monoisotopic (exact) mass is 282 g/mol. The summed E-state index contributed by atoms with van der Waals surface area (Å²) >= 11 is 0. The van der Waals surface area contributed by atoms with Gasteiger partial charge in [-0.15, -0.1) is 0 Å². The van der Waals surface area contributed by atoms with Gasteiger partial charge in [0.2, 0.25) is 0 Å². The zero-order valence-corrected chi connectivity index (χ0v) is 12.1. The van der Waals surface area contributed by atoms with Crippen molar-refractivity contribution in [3.8, 4) is 0 Å². The van der Waals surface area contributed by atoms with E-state index in [2.05, 4.69) is 5.32 Å². The van der Waals surface area contributed by atoms with Gasteiger partial charge in [-0.25, -0.2) is 0 Å². The molecule has 0 heterocycles. The first-order chi connectivity index (χ1) is 9.65.